The summed E-state index contributed by atoms with van der Waals surface area (Å²) in [6.07, 6.45) is 2.98. The molecule has 0 aliphatic carbocycles. The molecule has 4 heteroatoms. The third-order valence-corrected chi connectivity index (χ3v) is 6.40. The Morgan fingerprint density at radius 2 is 1.42 bits per heavy atom. The van der Waals surface area contributed by atoms with Crippen molar-refractivity contribution in [2.75, 3.05) is 12.0 Å². The average Bonchev–Trinajstić information content (AvgIpc) is 2.77. The lowest BCUT2D eigenvalue weighted by Gasteiger charge is -2.03. The van der Waals surface area contributed by atoms with E-state index in [2.05, 4.69) is 23.7 Å². The van der Waals surface area contributed by atoms with Crippen LogP contribution >= 0.6 is 23.5 Å². The highest BCUT2D eigenvalue weighted by atomic mass is 32.2. The Morgan fingerprint density at radius 1 is 0.774 bits per heavy atom. The van der Waals surface area contributed by atoms with Crippen molar-refractivity contribution < 1.29 is 8.78 Å². The molecule has 0 saturated carbocycles. The number of aryl methyl sites for hydroxylation is 1. The minimum absolute atomic E-state index is 0.198. The number of hydrogen-bond acceptors (Lipinski definition) is 2. The molecule has 0 bridgehead atoms. The standard InChI is InChI=1S/C27H22F2S2/c1-4-15-31-24-17-26(28)25(27(29)18-24)14-9-21-6-11-22(19(2)16-21)10-5-20-7-12-23(30-3)13-8-20/h6-8,11-13,16-18H,4,15H2,1-3H3. The SMILES string of the molecule is CCCSc1cc(F)c(C#Cc2ccc(C#Cc3ccc(SC)cc3)c(C)c2)c(F)c1. The molecule has 3 aromatic rings. The number of rotatable bonds is 4. The summed E-state index contributed by atoms with van der Waals surface area (Å²) >= 11 is 3.13. The average molecular weight is 449 g/mol. The van der Waals surface area contributed by atoms with Gasteiger partial charge in [0.15, 0.2) is 0 Å². The van der Waals surface area contributed by atoms with Crippen LogP contribution in [0.5, 0.6) is 0 Å². The van der Waals surface area contributed by atoms with Crippen LogP contribution in [-0.2, 0) is 0 Å². The second-order valence-corrected chi connectivity index (χ2v) is 8.92. The molecule has 0 fully saturated rings. The molecule has 0 nitrogen and oxygen atoms in total. The van der Waals surface area contributed by atoms with Gasteiger partial charge in [-0.1, -0.05) is 30.6 Å². The van der Waals surface area contributed by atoms with E-state index in [-0.39, 0.29) is 5.56 Å². The molecule has 0 aliphatic heterocycles. The molecule has 31 heavy (non-hydrogen) atoms. The maximum atomic E-state index is 14.3. The van der Waals surface area contributed by atoms with E-state index in [1.807, 2.05) is 62.6 Å². The number of halogens is 2. The molecule has 0 N–H and O–H groups in total. The van der Waals surface area contributed by atoms with Gasteiger partial charge >= 0.3 is 0 Å². The molecular weight excluding hydrogens is 426 g/mol. The first-order valence-corrected chi connectivity index (χ1v) is 12.1. The maximum Gasteiger partial charge on any atom is 0.142 e. The third-order valence-electron chi connectivity index (χ3n) is 4.48. The monoisotopic (exact) mass is 448 g/mol. The van der Waals surface area contributed by atoms with Crippen LogP contribution < -0.4 is 0 Å². The molecule has 0 saturated heterocycles. The molecule has 0 heterocycles. The predicted octanol–water partition coefficient (Wildman–Crippen LogP) is 7.30. The van der Waals surface area contributed by atoms with E-state index in [0.29, 0.717) is 10.5 Å². The zero-order chi connectivity index (χ0) is 22.2. The second-order valence-electron chi connectivity index (χ2n) is 6.87. The minimum atomic E-state index is -0.627. The summed E-state index contributed by atoms with van der Waals surface area (Å²) in [5, 5.41) is 0. The summed E-state index contributed by atoms with van der Waals surface area (Å²) < 4.78 is 28.6. The van der Waals surface area contributed by atoms with Crippen LogP contribution in [0.1, 0.15) is 41.2 Å². The molecule has 0 unspecified atom stereocenters. The van der Waals surface area contributed by atoms with Crippen molar-refractivity contribution in [2.24, 2.45) is 0 Å². The molecule has 0 atom stereocenters. The molecular formula is C27H22F2S2. The van der Waals surface area contributed by atoms with Gasteiger partial charge in [-0.05, 0) is 85.5 Å². The van der Waals surface area contributed by atoms with Gasteiger partial charge in [-0.25, -0.2) is 8.78 Å². The second kappa shape index (κ2) is 11.1. The lowest BCUT2D eigenvalue weighted by Crippen LogP contribution is -1.92. The molecule has 0 radical (unpaired) electrons. The van der Waals surface area contributed by atoms with Gasteiger partial charge in [0.25, 0.3) is 0 Å². The summed E-state index contributed by atoms with van der Waals surface area (Å²) in [6, 6.07) is 16.4. The summed E-state index contributed by atoms with van der Waals surface area (Å²) in [4.78, 5) is 1.79. The van der Waals surface area contributed by atoms with Crippen molar-refractivity contribution in [1.29, 1.82) is 0 Å². The van der Waals surface area contributed by atoms with Crippen LogP contribution in [0.15, 0.2) is 64.4 Å². The normalized spacial score (nSPS) is 10.1. The molecule has 3 aromatic carbocycles. The topological polar surface area (TPSA) is 0 Å². The van der Waals surface area contributed by atoms with E-state index in [1.165, 1.54) is 28.8 Å². The third kappa shape index (κ3) is 6.41. The quantitative estimate of drug-likeness (QED) is 0.303. The van der Waals surface area contributed by atoms with Gasteiger partial charge in [-0.15, -0.1) is 23.5 Å². The van der Waals surface area contributed by atoms with Crippen LogP contribution in [0.4, 0.5) is 8.78 Å². The van der Waals surface area contributed by atoms with E-state index in [4.69, 9.17) is 0 Å². The van der Waals surface area contributed by atoms with E-state index < -0.39 is 11.6 Å². The van der Waals surface area contributed by atoms with E-state index >= 15 is 0 Å². The maximum absolute atomic E-state index is 14.3. The van der Waals surface area contributed by atoms with Crippen molar-refractivity contribution in [3.05, 3.63) is 94.0 Å². The van der Waals surface area contributed by atoms with Crippen LogP contribution in [0.3, 0.4) is 0 Å². The molecule has 3 rings (SSSR count). The highest BCUT2D eigenvalue weighted by Gasteiger charge is 2.09. The van der Waals surface area contributed by atoms with Gasteiger partial charge in [0, 0.05) is 26.5 Å². The van der Waals surface area contributed by atoms with Gasteiger partial charge in [-0.3, -0.25) is 0 Å². The Bertz CT molecular complexity index is 1170. The van der Waals surface area contributed by atoms with Crippen LogP contribution in [0, 0.1) is 42.2 Å². The van der Waals surface area contributed by atoms with Crippen LogP contribution in [0.2, 0.25) is 0 Å². The van der Waals surface area contributed by atoms with Crippen LogP contribution in [0.25, 0.3) is 0 Å². The Kier molecular flexibility index (Phi) is 8.24. The molecule has 0 aromatic heterocycles. The van der Waals surface area contributed by atoms with Gasteiger partial charge in [0.1, 0.15) is 11.6 Å². The van der Waals surface area contributed by atoms with Crippen LogP contribution in [-0.4, -0.2) is 12.0 Å². The largest absolute Gasteiger partial charge is 0.205 e. The predicted molar refractivity (Wildman–Crippen MR) is 129 cm³/mol. The fraction of sp³-hybridized carbons (Fsp3) is 0.185. The Hall–Kier alpha value is -2.66. The Balaban J connectivity index is 1.79. The summed E-state index contributed by atoms with van der Waals surface area (Å²) in [5.41, 5.74) is 3.31. The van der Waals surface area contributed by atoms with Crippen molar-refractivity contribution in [1.82, 2.24) is 0 Å². The van der Waals surface area contributed by atoms with E-state index in [0.717, 1.165) is 28.9 Å². The zero-order valence-corrected chi connectivity index (χ0v) is 19.3. The van der Waals surface area contributed by atoms with Crippen molar-refractivity contribution in [2.45, 2.75) is 30.1 Å². The van der Waals surface area contributed by atoms with E-state index in [1.54, 1.807) is 11.8 Å². The minimum Gasteiger partial charge on any atom is -0.205 e. The number of benzene rings is 3. The highest BCUT2D eigenvalue weighted by Crippen LogP contribution is 2.24. The molecule has 0 spiro atoms. The summed E-state index contributed by atoms with van der Waals surface area (Å²) in [6.45, 7) is 3.98. The van der Waals surface area contributed by atoms with Gasteiger partial charge in [-0.2, -0.15) is 0 Å². The van der Waals surface area contributed by atoms with Crippen molar-refractivity contribution in [3.8, 4) is 23.7 Å². The number of thioether (sulfide) groups is 2. The Labute approximate surface area is 191 Å². The molecule has 0 aliphatic rings. The zero-order valence-electron chi connectivity index (χ0n) is 17.7. The lowest BCUT2D eigenvalue weighted by atomic mass is 10.0. The Morgan fingerprint density at radius 3 is 2.03 bits per heavy atom. The van der Waals surface area contributed by atoms with Crippen molar-refractivity contribution >= 4 is 23.5 Å². The summed E-state index contributed by atoms with van der Waals surface area (Å²) in [5.74, 6) is 11.4. The smallest absolute Gasteiger partial charge is 0.142 e. The molecule has 156 valence electrons. The highest BCUT2D eigenvalue weighted by molar-refractivity contribution is 7.99. The summed E-state index contributed by atoms with van der Waals surface area (Å²) in [7, 11) is 0. The van der Waals surface area contributed by atoms with E-state index in [9.17, 15) is 8.78 Å². The lowest BCUT2D eigenvalue weighted by molar-refractivity contribution is 0.571. The fourth-order valence-electron chi connectivity index (χ4n) is 2.80. The number of hydrogen-bond donors (Lipinski definition) is 0. The fourth-order valence-corrected chi connectivity index (χ4v) is 4.02. The van der Waals surface area contributed by atoms with Gasteiger partial charge in [0.05, 0.1) is 5.56 Å². The van der Waals surface area contributed by atoms with Gasteiger partial charge < -0.3 is 0 Å². The molecule has 0 amide bonds. The first kappa shape index (κ1) is 23.0. The van der Waals surface area contributed by atoms with Crippen molar-refractivity contribution in [3.63, 3.8) is 0 Å². The first-order chi connectivity index (χ1) is 15.0. The first-order valence-electron chi connectivity index (χ1n) is 9.90. The van der Waals surface area contributed by atoms with Gasteiger partial charge in [0.2, 0.25) is 0 Å².